The molecule has 180 valence electrons. The van der Waals surface area contributed by atoms with Crippen LogP contribution in [0.1, 0.15) is 71.6 Å². The van der Waals surface area contributed by atoms with Crippen molar-refractivity contribution in [2.45, 2.75) is 62.4 Å². The van der Waals surface area contributed by atoms with E-state index < -0.39 is 0 Å². The van der Waals surface area contributed by atoms with Gasteiger partial charge in [0.1, 0.15) is 11.4 Å². The third-order valence-corrected chi connectivity index (χ3v) is 7.79. The number of amides is 2. The Morgan fingerprint density at radius 1 is 0.941 bits per heavy atom. The maximum atomic E-state index is 13.3. The van der Waals surface area contributed by atoms with E-state index in [-0.39, 0.29) is 22.9 Å². The van der Waals surface area contributed by atoms with E-state index in [9.17, 15) is 9.59 Å². The topological polar surface area (TPSA) is 87.2 Å². The highest BCUT2D eigenvalue weighted by Gasteiger charge is 2.58. The van der Waals surface area contributed by atoms with Crippen molar-refractivity contribution >= 4 is 11.8 Å². The number of nitrogens with one attached hydrogen (secondary N) is 2. The number of pyridine rings is 2. The number of carbonyl (C=O) groups is 2. The quantitative estimate of drug-likeness (QED) is 0.630. The number of carbonyl (C=O) groups excluding carboxylic acids is 2. The minimum absolute atomic E-state index is 0.0948. The van der Waals surface area contributed by atoms with E-state index in [2.05, 4.69) is 39.6 Å². The molecule has 2 heterocycles. The maximum absolute atomic E-state index is 13.3. The van der Waals surface area contributed by atoms with Crippen molar-refractivity contribution in [3.63, 3.8) is 0 Å². The normalized spacial score (nSPS) is 29.3. The molecule has 0 radical (unpaired) electrons. The first-order valence-corrected chi connectivity index (χ1v) is 12.5. The fourth-order valence-corrected chi connectivity index (χ4v) is 6.98. The van der Waals surface area contributed by atoms with Gasteiger partial charge in [0.15, 0.2) is 0 Å². The van der Waals surface area contributed by atoms with Crippen LogP contribution < -0.4 is 10.6 Å². The number of hydrogen-bond donors (Lipinski definition) is 2. The molecule has 0 aliphatic heterocycles. The summed E-state index contributed by atoms with van der Waals surface area (Å²) in [4.78, 5) is 37.4. The molecule has 7 nitrogen and oxygen atoms in total. The molecule has 2 atom stereocenters. The molecule has 2 aromatic rings. The van der Waals surface area contributed by atoms with E-state index >= 15 is 0 Å². The predicted molar refractivity (Wildman–Crippen MR) is 130 cm³/mol. The lowest BCUT2D eigenvalue weighted by Crippen LogP contribution is -2.70. The Hall–Kier alpha value is -2.80. The lowest BCUT2D eigenvalue weighted by atomic mass is 9.49. The lowest BCUT2D eigenvalue weighted by Gasteiger charge is -2.62. The van der Waals surface area contributed by atoms with Crippen LogP contribution in [0.2, 0.25) is 0 Å². The second-order valence-corrected chi connectivity index (χ2v) is 11.1. The molecule has 2 unspecified atom stereocenters. The molecule has 0 spiro atoms. The summed E-state index contributed by atoms with van der Waals surface area (Å²) in [6, 6.07) is 11.2. The largest absolute Gasteiger partial charge is 0.345 e. The molecule has 4 bridgehead atoms. The van der Waals surface area contributed by atoms with Crippen LogP contribution >= 0.6 is 0 Å². The molecule has 2 N–H and O–H groups in total. The van der Waals surface area contributed by atoms with Crippen molar-refractivity contribution in [2.24, 2.45) is 11.8 Å². The number of aryl methyl sites for hydroxylation is 1. The van der Waals surface area contributed by atoms with Gasteiger partial charge in [0.25, 0.3) is 11.8 Å². The summed E-state index contributed by atoms with van der Waals surface area (Å²) in [5.41, 5.74) is 1.35. The molecule has 7 heteroatoms. The molecule has 4 fully saturated rings. The zero-order chi connectivity index (χ0) is 23.8. The van der Waals surface area contributed by atoms with Crippen LogP contribution in [0.5, 0.6) is 0 Å². The first-order valence-electron chi connectivity index (χ1n) is 12.5. The number of aromatic nitrogens is 2. The van der Waals surface area contributed by atoms with Gasteiger partial charge in [-0.3, -0.25) is 14.6 Å². The number of rotatable bonds is 8. The Kier molecular flexibility index (Phi) is 6.15. The molecular formula is C27H35N5O2. The Labute approximate surface area is 201 Å². The highest BCUT2D eigenvalue weighted by Crippen LogP contribution is 2.57. The molecule has 6 rings (SSSR count). The van der Waals surface area contributed by atoms with E-state index in [1.165, 1.54) is 6.42 Å². The molecule has 2 aromatic heterocycles. The van der Waals surface area contributed by atoms with Gasteiger partial charge < -0.3 is 15.5 Å². The summed E-state index contributed by atoms with van der Waals surface area (Å²) >= 11 is 0. The maximum Gasteiger partial charge on any atom is 0.270 e. The van der Waals surface area contributed by atoms with Gasteiger partial charge in [-0.25, -0.2) is 4.98 Å². The summed E-state index contributed by atoms with van der Waals surface area (Å²) in [7, 11) is 4.13. The van der Waals surface area contributed by atoms with Crippen LogP contribution in [0.15, 0.2) is 42.6 Å². The summed E-state index contributed by atoms with van der Waals surface area (Å²) in [5, 5.41) is 6.75. The molecule has 34 heavy (non-hydrogen) atoms. The van der Waals surface area contributed by atoms with Crippen molar-refractivity contribution < 1.29 is 9.59 Å². The Balaban J connectivity index is 1.29. The van der Waals surface area contributed by atoms with Gasteiger partial charge in [0.05, 0.1) is 0 Å². The van der Waals surface area contributed by atoms with Gasteiger partial charge in [0.2, 0.25) is 0 Å². The van der Waals surface area contributed by atoms with Crippen molar-refractivity contribution in [3.8, 4) is 0 Å². The molecule has 2 amide bonds. The van der Waals surface area contributed by atoms with Crippen LogP contribution in [0.25, 0.3) is 0 Å². The van der Waals surface area contributed by atoms with Crippen molar-refractivity contribution in [2.75, 3.05) is 20.6 Å². The van der Waals surface area contributed by atoms with E-state index in [0.29, 0.717) is 23.2 Å². The summed E-state index contributed by atoms with van der Waals surface area (Å²) in [6.45, 7) is 0.996. The average Bonchev–Trinajstić information content (AvgIpc) is 2.78. The third kappa shape index (κ3) is 4.85. The predicted octanol–water partition coefficient (Wildman–Crippen LogP) is 3.22. The molecule has 4 saturated carbocycles. The molecule has 0 saturated heterocycles. The molecule has 4 aliphatic carbocycles. The van der Waals surface area contributed by atoms with Crippen LogP contribution in [0, 0.1) is 11.8 Å². The molecule has 4 aliphatic rings. The fraction of sp³-hybridized carbons (Fsp3) is 0.556. The van der Waals surface area contributed by atoms with E-state index in [1.54, 1.807) is 12.3 Å². The molecular weight excluding hydrogens is 426 g/mol. The minimum Gasteiger partial charge on any atom is -0.345 e. The first kappa shape index (κ1) is 23.0. The molecule has 0 aromatic carbocycles. The number of hydrogen-bond acceptors (Lipinski definition) is 5. The first-order chi connectivity index (χ1) is 16.3. The van der Waals surface area contributed by atoms with E-state index in [4.69, 9.17) is 0 Å². The zero-order valence-corrected chi connectivity index (χ0v) is 20.2. The van der Waals surface area contributed by atoms with Crippen molar-refractivity contribution in [3.05, 3.63) is 59.7 Å². The van der Waals surface area contributed by atoms with Gasteiger partial charge in [-0.05, 0) is 108 Å². The van der Waals surface area contributed by atoms with E-state index in [1.807, 2.05) is 30.3 Å². The Morgan fingerprint density at radius 2 is 1.59 bits per heavy atom. The minimum atomic E-state index is -0.277. The van der Waals surface area contributed by atoms with Crippen LogP contribution in [0.4, 0.5) is 0 Å². The standard InChI is InChI=1S/C27H35N5O2/c1-32(2)12-6-8-21-7-5-10-23(29-21)25(34)31-27-16-19-13-20(17-27)15-26(14-19,18-27)30-24(33)22-9-3-4-11-28-22/h3-5,7,9-11,19-20H,6,8,12-18H2,1-2H3,(H,30,33)(H,31,34). The fourth-order valence-electron chi connectivity index (χ4n) is 6.98. The van der Waals surface area contributed by atoms with E-state index in [0.717, 1.165) is 57.2 Å². The van der Waals surface area contributed by atoms with Crippen molar-refractivity contribution in [1.29, 1.82) is 0 Å². The number of nitrogens with zero attached hydrogens (tertiary/aromatic N) is 3. The van der Waals surface area contributed by atoms with Crippen LogP contribution in [-0.4, -0.2) is 58.4 Å². The van der Waals surface area contributed by atoms with Crippen molar-refractivity contribution in [1.82, 2.24) is 25.5 Å². The van der Waals surface area contributed by atoms with Gasteiger partial charge in [-0.2, -0.15) is 0 Å². The zero-order valence-electron chi connectivity index (χ0n) is 20.2. The monoisotopic (exact) mass is 461 g/mol. The van der Waals surface area contributed by atoms with Gasteiger partial charge in [-0.15, -0.1) is 0 Å². The smallest absolute Gasteiger partial charge is 0.270 e. The SMILES string of the molecule is CN(C)CCCc1cccc(C(=O)NC23CC4CC(CC(NC(=O)c5ccccn5)(C4)C2)C3)n1. The van der Waals surface area contributed by atoms with Gasteiger partial charge in [-0.1, -0.05) is 12.1 Å². The second kappa shape index (κ2) is 9.10. The second-order valence-electron chi connectivity index (χ2n) is 11.1. The summed E-state index contributed by atoms with van der Waals surface area (Å²) < 4.78 is 0. The lowest BCUT2D eigenvalue weighted by molar-refractivity contribution is -0.0449. The van der Waals surface area contributed by atoms with Crippen LogP contribution in [0.3, 0.4) is 0 Å². The Bertz CT molecular complexity index is 1040. The Morgan fingerprint density at radius 3 is 2.21 bits per heavy atom. The third-order valence-electron chi connectivity index (χ3n) is 7.79. The summed E-state index contributed by atoms with van der Waals surface area (Å²) in [6.07, 6.45) is 9.43. The average molecular weight is 462 g/mol. The van der Waals surface area contributed by atoms with Gasteiger partial charge in [0, 0.05) is 23.0 Å². The highest BCUT2D eigenvalue weighted by molar-refractivity contribution is 5.93. The highest BCUT2D eigenvalue weighted by atomic mass is 16.2. The summed E-state index contributed by atoms with van der Waals surface area (Å²) in [5.74, 6) is 0.838. The van der Waals surface area contributed by atoms with Crippen LogP contribution in [-0.2, 0) is 6.42 Å². The van der Waals surface area contributed by atoms with Gasteiger partial charge >= 0.3 is 0 Å².